The largest absolute Gasteiger partial charge is 0.348 e. The van der Waals surface area contributed by atoms with Crippen molar-refractivity contribution >= 4 is 27.5 Å². The van der Waals surface area contributed by atoms with Crippen LogP contribution in [0.2, 0.25) is 0 Å². The van der Waals surface area contributed by atoms with Crippen molar-refractivity contribution in [3.63, 3.8) is 0 Å². The maximum atomic E-state index is 12.3. The molecule has 1 amide bonds. The number of carbonyl (C=O) groups excluding carboxylic acids is 1. The van der Waals surface area contributed by atoms with Gasteiger partial charge in [-0.25, -0.2) is 4.98 Å². The van der Waals surface area contributed by atoms with E-state index in [4.69, 9.17) is 0 Å². The number of nitrogens with one attached hydrogen (secondary N) is 2. The number of hydrogen-bond donors (Lipinski definition) is 2. The highest BCUT2D eigenvalue weighted by atomic mass is 32.1. The topological polar surface area (TPSA) is 54.0 Å². The summed E-state index contributed by atoms with van der Waals surface area (Å²) >= 11 is 1.47. The van der Waals surface area contributed by atoms with Crippen molar-refractivity contribution in [1.29, 1.82) is 0 Å². The van der Waals surface area contributed by atoms with Crippen molar-refractivity contribution in [1.82, 2.24) is 15.6 Å². The van der Waals surface area contributed by atoms with Crippen molar-refractivity contribution in [2.45, 2.75) is 24.9 Å². The Bertz CT molecular complexity index is 605. The minimum atomic E-state index is 0.0561. The fraction of sp³-hybridized carbons (Fsp3) is 0.429. The first-order valence-electron chi connectivity index (χ1n) is 6.68. The van der Waals surface area contributed by atoms with Crippen LogP contribution in [0.4, 0.5) is 0 Å². The fourth-order valence-electron chi connectivity index (χ4n) is 3.24. The molecule has 2 bridgehead atoms. The third-order valence-electron chi connectivity index (χ3n) is 4.20. The van der Waals surface area contributed by atoms with Gasteiger partial charge in [0, 0.05) is 30.2 Å². The van der Waals surface area contributed by atoms with Gasteiger partial charge in [-0.05, 0) is 30.9 Å². The Morgan fingerprint density at radius 3 is 3.16 bits per heavy atom. The zero-order chi connectivity index (χ0) is 12.8. The van der Waals surface area contributed by atoms with E-state index >= 15 is 0 Å². The lowest BCUT2D eigenvalue weighted by Gasteiger charge is -2.23. The molecule has 1 aliphatic heterocycles. The molecule has 0 radical (unpaired) electrons. The van der Waals surface area contributed by atoms with Gasteiger partial charge in [0.1, 0.15) is 4.83 Å². The molecule has 0 spiro atoms. The molecule has 2 aromatic rings. The summed E-state index contributed by atoms with van der Waals surface area (Å²) in [4.78, 5) is 18.3. The molecule has 2 aliphatic rings. The predicted molar refractivity (Wildman–Crippen MR) is 75.4 cm³/mol. The van der Waals surface area contributed by atoms with Crippen LogP contribution in [0.1, 0.15) is 22.5 Å². The average Bonchev–Trinajstić information content (AvgIpc) is 3.12. The lowest BCUT2D eigenvalue weighted by molar-refractivity contribution is 0.0929. The third kappa shape index (κ3) is 1.93. The van der Waals surface area contributed by atoms with Gasteiger partial charge < -0.3 is 10.6 Å². The van der Waals surface area contributed by atoms with E-state index in [0.29, 0.717) is 18.0 Å². The number of fused-ring (bicyclic) bond motifs is 3. The Balaban J connectivity index is 1.53. The van der Waals surface area contributed by atoms with Crippen LogP contribution in [0.15, 0.2) is 24.4 Å². The molecular formula is C14H15N3OS. The number of rotatable bonds is 2. The minimum absolute atomic E-state index is 0.0561. The molecule has 3 heterocycles. The maximum Gasteiger partial charge on any atom is 0.261 e. The van der Waals surface area contributed by atoms with Crippen molar-refractivity contribution in [3.8, 4) is 0 Å². The molecule has 4 nitrogen and oxygen atoms in total. The summed E-state index contributed by atoms with van der Waals surface area (Å²) in [6, 6.07) is 6.79. The molecule has 2 N–H and O–H groups in total. The standard InChI is InChI=1S/C14H15N3OS/c18-13(17-11-6-10-4-9(11)7-16-10)12-5-8-2-1-3-15-14(8)19-12/h1-3,5,9-11,16H,4,6-7H2,(H,17,18). The molecule has 3 atom stereocenters. The zero-order valence-electron chi connectivity index (χ0n) is 10.4. The highest BCUT2D eigenvalue weighted by Crippen LogP contribution is 2.32. The fourth-order valence-corrected chi connectivity index (χ4v) is 4.14. The van der Waals surface area contributed by atoms with Crippen LogP contribution in [0.3, 0.4) is 0 Å². The number of amides is 1. The van der Waals surface area contributed by atoms with Crippen molar-refractivity contribution in [2.75, 3.05) is 6.54 Å². The Kier molecular flexibility index (Phi) is 2.56. The molecule has 19 heavy (non-hydrogen) atoms. The quantitative estimate of drug-likeness (QED) is 0.877. The van der Waals surface area contributed by atoms with Gasteiger partial charge in [0.25, 0.3) is 5.91 Å². The monoisotopic (exact) mass is 273 g/mol. The summed E-state index contributed by atoms with van der Waals surface area (Å²) in [5, 5.41) is 7.70. The second-order valence-electron chi connectivity index (χ2n) is 5.43. The van der Waals surface area contributed by atoms with Crippen LogP contribution in [0, 0.1) is 5.92 Å². The van der Waals surface area contributed by atoms with E-state index in [2.05, 4.69) is 15.6 Å². The normalized spacial score (nSPS) is 28.9. The smallest absolute Gasteiger partial charge is 0.261 e. The van der Waals surface area contributed by atoms with Gasteiger partial charge in [-0.15, -0.1) is 11.3 Å². The van der Waals surface area contributed by atoms with Crippen molar-refractivity contribution in [3.05, 3.63) is 29.3 Å². The van der Waals surface area contributed by atoms with Gasteiger partial charge >= 0.3 is 0 Å². The highest BCUT2D eigenvalue weighted by Gasteiger charge is 2.40. The number of aromatic nitrogens is 1. The second-order valence-corrected chi connectivity index (χ2v) is 6.46. The van der Waals surface area contributed by atoms with E-state index in [-0.39, 0.29) is 5.91 Å². The molecule has 98 valence electrons. The molecule has 5 heteroatoms. The maximum absolute atomic E-state index is 12.3. The van der Waals surface area contributed by atoms with E-state index < -0.39 is 0 Å². The van der Waals surface area contributed by atoms with Gasteiger partial charge in [0.2, 0.25) is 0 Å². The van der Waals surface area contributed by atoms with Crippen LogP contribution in [-0.4, -0.2) is 29.5 Å². The molecule has 4 rings (SSSR count). The number of hydrogen-bond acceptors (Lipinski definition) is 4. The second kappa shape index (κ2) is 4.28. The molecule has 3 unspecified atom stereocenters. The van der Waals surface area contributed by atoms with Crippen LogP contribution < -0.4 is 10.6 Å². The van der Waals surface area contributed by atoms with Crippen LogP contribution >= 0.6 is 11.3 Å². The van der Waals surface area contributed by atoms with Gasteiger partial charge in [-0.3, -0.25) is 4.79 Å². The number of thiophene rings is 1. The molecule has 1 saturated heterocycles. The summed E-state index contributed by atoms with van der Waals surface area (Å²) in [5.41, 5.74) is 0. The van der Waals surface area contributed by atoms with Crippen LogP contribution in [-0.2, 0) is 0 Å². The number of piperidine rings is 1. The summed E-state index contributed by atoms with van der Waals surface area (Å²) in [7, 11) is 0. The number of nitrogens with zero attached hydrogens (tertiary/aromatic N) is 1. The summed E-state index contributed by atoms with van der Waals surface area (Å²) < 4.78 is 0. The van der Waals surface area contributed by atoms with E-state index in [9.17, 15) is 4.79 Å². The highest BCUT2D eigenvalue weighted by molar-refractivity contribution is 7.20. The van der Waals surface area contributed by atoms with Crippen molar-refractivity contribution < 1.29 is 4.79 Å². The first-order chi connectivity index (χ1) is 9.29. The van der Waals surface area contributed by atoms with Gasteiger partial charge in [0.15, 0.2) is 0 Å². The number of carbonyl (C=O) groups is 1. The SMILES string of the molecule is O=C(NC1CC2CC1CN2)c1cc2cccnc2s1. The summed E-state index contributed by atoms with van der Waals surface area (Å²) in [6.45, 7) is 1.05. The molecule has 1 aliphatic carbocycles. The van der Waals surface area contributed by atoms with Gasteiger partial charge in [-0.2, -0.15) is 0 Å². The summed E-state index contributed by atoms with van der Waals surface area (Å²) in [5.74, 6) is 0.669. The van der Waals surface area contributed by atoms with Crippen molar-refractivity contribution in [2.24, 2.45) is 5.92 Å². The van der Waals surface area contributed by atoms with Crippen LogP contribution in [0.5, 0.6) is 0 Å². The predicted octanol–water partition coefficient (Wildman–Crippen LogP) is 1.78. The molecule has 1 saturated carbocycles. The lowest BCUT2D eigenvalue weighted by atomic mass is 10.0. The Hall–Kier alpha value is -1.46. The van der Waals surface area contributed by atoms with E-state index in [1.54, 1.807) is 6.20 Å². The molecular weight excluding hydrogens is 258 g/mol. The Morgan fingerprint density at radius 1 is 1.47 bits per heavy atom. The first-order valence-corrected chi connectivity index (χ1v) is 7.50. The first kappa shape index (κ1) is 11.4. The van der Waals surface area contributed by atoms with Crippen LogP contribution in [0.25, 0.3) is 10.2 Å². The average molecular weight is 273 g/mol. The van der Waals surface area contributed by atoms with Gasteiger partial charge in [0.05, 0.1) is 4.88 Å². The lowest BCUT2D eigenvalue weighted by Crippen LogP contribution is -2.43. The number of pyridine rings is 1. The van der Waals surface area contributed by atoms with E-state index in [1.807, 2.05) is 18.2 Å². The molecule has 0 aromatic carbocycles. The Morgan fingerprint density at radius 2 is 2.42 bits per heavy atom. The van der Waals surface area contributed by atoms with E-state index in [1.165, 1.54) is 17.8 Å². The van der Waals surface area contributed by atoms with Gasteiger partial charge in [-0.1, -0.05) is 6.07 Å². The zero-order valence-corrected chi connectivity index (χ0v) is 11.2. The Labute approximate surface area is 115 Å². The molecule has 2 aromatic heterocycles. The minimum Gasteiger partial charge on any atom is -0.348 e. The molecule has 2 fully saturated rings. The van der Waals surface area contributed by atoms with E-state index in [0.717, 1.165) is 28.1 Å². The third-order valence-corrected chi connectivity index (χ3v) is 5.26. The summed E-state index contributed by atoms with van der Waals surface area (Å²) in [6.07, 6.45) is 4.04.